The highest BCUT2D eigenvalue weighted by molar-refractivity contribution is 6.42. The first-order valence-electron chi connectivity index (χ1n) is 5.75. The predicted molar refractivity (Wildman–Crippen MR) is 83.1 cm³/mol. The Kier molecular flexibility index (Phi) is 5.68. The second kappa shape index (κ2) is 6.62. The third-order valence-corrected chi connectivity index (χ3v) is 3.60. The number of hydrogen-bond acceptors (Lipinski definition) is 2. The summed E-state index contributed by atoms with van der Waals surface area (Å²) in [4.78, 5) is 7.53. The summed E-state index contributed by atoms with van der Waals surface area (Å²) in [7, 11) is 0. The lowest BCUT2D eigenvalue weighted by Gasteiger charge is -2.12. The van der Waals surface area contributed by atoms with Gasteiger partial charge in [-0.15, -0.1) is 12.4 Å². The zero-order valence-corrected chi connectivity index (χ0v) is 13.0. The Labute approximate surface area is 128 Å². The molecule has 0 saturated heterocycles. The molecule has 0 fully saturated rings. The SMILES string of the molecule is CC(C)C(N)c1ncc(-c2ccc(Cl)c(Cl)c2)[nH]1.Cl. The maximum atomic E-state index is 6.04. The second-order valence-corrected chi connectivity index (χ2v) is 5.40. The van der Waals surface area contributed by atoms with Crippen molar-refractivity contribution in [1.82, 2.24) is 9.97 Å². The van der Waals surface area contributed by atoms with E-state index in [0.717, 1.165) is 17.1 Å². The first-order chi connectivity index (χ1) is 8.49. The summed E-state index contributed by atoms with van der Waals surface area (Å²) in [6.07, 6.45) is 1.76. The smallest absolute Gasteiger partial charge is 0.123 e. The summed E-state index contributed by atoms with van der Waals surface area (Å²) in [6.45, 7) is 4.12. The van der Waals surface area contributed by atoms with Gasteiger partial charge in [0.05, 0.1) is 28.0 Å². The first kappa shape index (κ1) is 16.3. The van der Waals surface area contributed by atoms with Gasteiger partial charge in [-0.25, -0.2) is 4.98 Å². The molecule has 0 bridgehead atoms. The predicted octanol–water partition coefficient (Wildman–Crippen LogP) is 4.46. The Morgan fingerprint density at radius 2 is 1.89 bits per heavy atom. The molecule has 0 aliphatic heterocycles. The maximum Gasteiger partial charge on any atom is 0.123 e. The Morgan fingerprint density at radius 3 is 2.47 bits per heavy atom. The van der Waals surface area contributed by atoms with E-state index in [2.05, 4.69) is 23.8 Å². The van der Waals surface area contributed by atoms with Crippen LogP contribution in [0.15, 0.2) is 24.4 Å². The number of nitrogens with two attached hydrogens (primary N) is 1. The summed E-state index contributed by atoms with van der Waals surface area (Å²) >= 11 is 11.9. The molecule has 0 aliphatic carbocycles. The molecule has 1 aromatic carbocycles. The average Bonchev–Trinajstić information content (AvgIpc) is 2.81. The molecule has 3 N–H and O–H groups in total. The molecule has 2 aromatic rings. The molecular formula is C13H16Cl3N3. The number of H-pyrrole nitrogens is 1. The van der Waals surface area contributed by atoms with Gasteiger partial charge >= 0.3 is 0 Å². The number of rotatable bonds is 3. The van der Waals surface area contributed by atoms with Gasteiger partial charge in [0.25, 0.3) is 0 Å². The van der Waals surface area contributed by atoms with Crippen molar-refractivity contribution >= 4 is 35.6 Å². The van der Waals surface area contributed by atoms with E-state index in [1.165, 1.54) is 0 Å². The third kappa shape index (κ3) is 3.63. The monoisotopic (exact) mass is 319 g/mol. The standard InChI is InChI=1S/C13H15Cl2N3.ClH/c1-7(2)12(16)13-17-6-11(18-13)8-3-4-9(14)10(15)5-8;/h3-7,12H,16H2,1-2H3,(H,17,18);1H. The van der Waals surface area contributed by atoms with Crippen molar-refractivity contribution in [2.45, 2.75) is 19.9 Å². The average molecular weight is 321 g/mol. The van der Waals surface area contributed by atoms with Crippen LogP contribution in [0.3, 0.4) is 0 Å². The summed E-state index contributed by atoms with van der Waals surface area (Å²) in [5, 5.41) is 1.07. The number of hydrogen-bond donors (Lipinski definition) is 2. The van der Waals surface area contributed by atoms with Crippen LogP contribution in [0.5, 0.6) is 0 Å². The highest BCUT2D eigenvalue weighted by atomic mass is 35.5. The van der Waals surface area contributed by atoms with E-state index < -0.39 is 0 Å². The third-order valence-electron chi connectivity index (χ3n) is 2.86. The number of halogens is 3. The highest BCUT2D eigenvalue weighted by Gasteiger charge is 2.14. The topological polar surface area (TPSA) is 54.7 Å². The number of aromatic nitrogens is 2. The van der Waals surface area contributed by atoms with Crippen LogP contribution in [0.4, 0.5) is 0 Å². The Hall–Kier alpha value is -0.740. The van der Waals surface area contributed by atoms with Crippen molar-refractivity contribution in [3.8, 4) is 11.3 Å². The minimum Gasteiger partial charge on any atom is -0.341 e. The van der Waals surface area contributed by atoms with Crippen LogP contribution in [0, 0.1) is 5.92 Å². The molecule has 1 unspecified atom stereocenters. The number of nitrogens with one attached hydrogen (secondary N) is 1. The van der Waals surface area contributed by atoms with Gasteiger partial charge in [0.15, 0.2) is 0 Å². The van der Waals surface area contributed by atoms with Gasteiger partial charge in [0, 0.05) is 5.56 Å². The molecule has 0 saturated carbocycles. The molecule has 0 aliphatic rings. The Morgan fingerprint density at radius 1 is 1.21 bits per heavy atom. The van der Waals surface area contributed by atoms with Crippen molar-refractivity contribution in [3.05, 3.63) is 40.3 Å². The minimum atomic E-state index is -0.0958. The van der Waals surface area contributed by atoms with E-state index in [-0.39, 0.29) is 18.4 Å². The molecule has 6 heteroatoms. The summed E-state index contributed by atoms with van der Waals surface area (Å²) < 4.78 is 0. The minimum absolute atomic E-state index is 0. The van der Waals surface area contributed by atoms with Gasteiger partial charge in [-0.1, -0.05) is 43.1 Å². The zero-order valence-electron chi connectivity index (χ0n) is 10.7. The van der Waals surface area contributed by atoms with Crippen molar-refractivity contribution in [2.75, 3.05) is 0 Å². The quantitative estimate of drug-likeness (QED) is 0.877. The molecular weight excluding hydrogens is 305 g/mol. The van der Waals surface area contributed by atoms with Crippen LogP contribution >= 0.6 is 35.6 Å². The van der Waals surface area contributed by atoms with Gasteiger partial charge in [0.2, 0.25) is 0 Å². The van der Waals surface area contributed by atoms with Crippen molar-refractivity contribution in [2.24, 2.45) is 11.7 Å². The normalized spacial score (nSPS) is 12.3. The lowest BCUT2D eigenvalue weighted by atomic mass is 10.1. The molecule has 0 amide bonds. The molecule has 2 rings (SSSR count). The molecule has 0 spiro atoms. The van der Waals surface area contributed by atoms with Gasteiger partial charge in [-0.3, -0.25) is 0 Å². The van der Waals surface area contributed by atoms with Crippen LogP contribution in [0.2, 0.25) is 10.0 Å². The fourth-order valence-electron chi connectivity index (χ4n) is 1.63. The molecule has 19 heavy (non-hydrogen) atoms. The summed E-state index contributed by atoms with van der Waals surface area (Å²) in [5.74, 6) is 1.11. The molecule has 3 nitrogen and oxygen atoms in total. The Balaban J connectivity index is 0.00000180. The number of imidazole rings is 1. The summed E-state index contributed by atoms with van der Waals surface area (Å²) in [6, 6.07) is 5.37. The van der Waals surface area contributed by atoms with Crippen LogP contribution in [-0.2, 0) is 0 Å². The number of aromatic amines is 1. The molecule has 104 valence electrons. The molecule has 1 aromatic heterocycles. The number of nitrogens with zero attached hydrogens (tertiary/aromatic N) is 1. The summed E-state index contributed by atoms with van der Waals surface area (Å²) in [5.41, 5.74) is 7.87. The maximum absolute atomic E-state index is 6.04. The van der Waals surface area contributed by atoms with Crippen molar-refractivity contribution in [1.29, 1.82) is 0 Å². The van der Waals surface area contributed by atoms with Crippen LogP contribution in [0.1, 0.15) is 25.7 Å². The van der Waals surface area contributed by atoms with Gasteiger partial charge in [0.1, 0.15) is 5.82 Å². The highest BCUT2D eigenvalue weighted by Crippen LogP contribution is 2.28. The lowest BCUT2D eigenvalue weighted by Crippen LogP contribution is -2.18. The van der Waals surface area contributed by atoms with Crippen LogP contribution in [-0.4, -0.2) is 9.97 Å². The van der Waals surface area contributed by atoms with E-state index in [1.54, 1.807) is 12.3 Å². The van der Waals surface area contributed by atoms with E-state index >= 15 is 0 Å². The fraction of sp³-hybridized carbons (Fsp3) is 0.308. The molecule has 1 atom stereocenters. The van der Waals surface area contributed by atoms with Gasteiger partial charge in [-0.2, -0.15) is 0 Å². The molecule has 1 heterocycles. The van der Waals surface area contributed by atoms with Crippen LogP contribution in [0.25, 0.3) is 11.3 Å². The van der Waals surface area contributed by atoms with Gasteiger partial charge in [-0.05, 0) is 18.1 Å². The van der Waals surface area contributed by atoms with E-state index in [0.29, 0.717) is 16.0 Å². The lowest BCUT2D eigenvalue weighted by molar-refractivity contribution is 0.494. The van der Waals surface area contributed by atoms with E-state index in [4.69, 9.17) is 28.9 Å². The number of benzene rings is 1. The second-order valence-electron chi connectivity index (χ2n) is 4.58. The zero-order chi connectivity index (χ0) is 13.3. The largest absolute Gasteiger partial charge is 0.341 e. The van der Waals surface area contributed by atoms with Gasteiger partial charge < -0.3 is 10.7 Å². The van der Waals surface area contributed by atoms with Crippen molar-refractivity contribution < 1.29 is 0 Å². The van der Waals surface area contributed by atoms with Crippen molar-refractivity contribution in [3.63, 3.8) is 0 Å². The van der Waals surface area contributed by atoms with E-state index in [1.807, 2.05) is 12.1 Å². The Bertz CT molecular complexity index is 552. The molecule has 0 radical (unpaired) electrons. The van der Waals surface area contributed by atoms with Crippen LogP contribution < -0.4 is 5.73 Å². The fourth-order valence-corrected chi connectivity index (χ4v) is 1.93. The first-order valence-corrected chi connectivity index (χ1v) is 6.50. The van der Waals surface area contributed by atoms with E-state index in [9.17, 15) is 0 Å².